The highest BCUT2D eigenvalue weighted by Gasteiger charge is 2.55. The number of hydrogen-bond donors (Lipinski definition) is 1. The molecule has 17 heavy (non-hydrogen) atoms. The van der Waals surface area contributed by atoms with E-state index in [0.717, 1.165) is 19.3 Å². The number of carbonyl (C=O) groups excluding carboxylic acids is 1. The van der Waals surface area contributed by atoms with Gasteiger partial charge in [0, 0.05) is 10.8 Å². The van der Waals surface area contributed by atoms with E-state index < -0.39 is 16.9 Å². The Morgan fingerprint density at radius 3 is 2.65 bits per heavy atom. The minimum atomic E-state index is -0.546. The van der Waals surface area contributed by atoms with Crippen LogP contribution in [0.3, 0.4) is 0 Å². The summed E-state index contributed by atoms with van der Waals surface area (Å²) in [7, 11) is 0. The fraction of sp³-hybridized carbons (Fsp3) is 0.714. The van der Waals surface area contributed by atoms with Crippen LogP contribution in [0, 0.1) is 28.1 Å². The predicted molar refractivity (Wildman–Crippen MR) is 63.9 cm³/mol. The largest absolute Gasteiger partial charge is 0.392 e. The first kappa shape index (κ1) is 12.3. The lowest BCUT2D eigenvalue weighted by Gasteiger charge is -2.52. The van der Waals surface area contributed by atoms with Gasteiger partial charge < -0.3 is 5.11 Å². The molecule has 92 valence electrons. The van der Waals surface area contributed by atoms with E-state index in [4.69, 9.17) is 5.26 Å². The lowest BCUT2D eigenvalue weighted by atomic mass is 9.51. The van der Waals surface area contributed by atoms with Gasteiger partial charge in [0.1, 0.15) is 6.07 Å². The van der Waals surface area contributed by atoms with Crippen molar-refractivity contribution in [2.45, 2.75) is 46.1 Å². The van der Waals surface area contributed by atoms with Gasteiger partial charge in [-0.25, -0.2) is 0 Å². The summed E-state index contributed by atoms with van der Waals surface area (Å²) in [4.78, 5) is 12.2. The monoisotopic (exact) mass is 233 g/mol. The SMILES string of the molecule is CC1(C)C(=O)C(C#N)=C[C@@]2(C)C1CCC[C@@H]2O. The second-order valence-corrected chi connectivity index (χ2v) is 6.09. The minimum Gasteiger partial charge on any atom is -0.392 e. The Morgan fingerprint density at radius 1 is 1.41 bits per heavy atom. The molecule has 0 aromatic heterocycles. The Morgan fingerprint density at radius 2 is 2.06 bits per heavy atom. The summed E-state index contributed by atoms with van der Waals surface area (Å²) >= 11 is 0. The summed E-state index contributed by atoms with van der Waals surface area (Å²) < 4.78 is 0. The fourth-order valence-electron chi connectivity index (χ4n) is 3.67. The van der Waals surface area contributed by atoms with Crippen molar-refractivity contribution >= 4 is 5.78 Å². The first-order valence-electron chi connectivity index (χ1n) is 6.20. The number of aliphatic hydroxyl groups excluding tert-OH is 1. The zero-order valence-corrected chi connectivity index (χ0v) is 10.7. The van der Waals surface area contributed by atoms with Gasteiger partial charge in [0.05, 0.1) is 11.7 Å². The number of allylic oxidation sites excluding steroid dienone is 1. The number of carbonyl (C=O) groups is 1. The molecule has 2 rings (SSSR count). The maximum absolute atomic E-state index is 12.2. The maximum Gasteiger partial charge on any atom is 0.178 e. The maximum atomic E-state index is 12.2. The molecule has 0 heterocycles. The Bertz CT molecular complexity index is 430. The zero-order valence-electron chi connectivity index (χ0n) is 10.7. The molecule has 1 saturated carbocycles. The summed E-state index contributed by atoms with van der Waals surface area (Å²) in [6, 6.07) is 1.99. The molecular weight excluding hydrogens is 214 g/mol. The van der Waals surface area contributed by atoms with E-state index in [2.05, 4.69) is 0 Å². The van der Waals surface area contributed by atoms with Gasteiger partial charge in [-0.2, -0.15) is 5.26 Å². The number of rotatable bonds is 0. The Balaban J connectivity index is 2.58. The lowest BCUT2D eigenvalue weighted by molar-refractivity contribution is -0.136. The Labute approximate surface area is 102 Å². The first-order chi connectivity index (χ1) is 7.84. The van der Waals surface area contributed by atoms with Crippen molar-refractivity contribution in [3.8, 4) is 6.07 Å². The van der Waals surface area contributed by atoms with Crippen molar-refractivity contribution in [1.29, 1.82) is 5.26 Å². The third kappa shape index (κ3) is 1.55. The average molecular weight is 233 g/mol. The Hall–Kier alpha value is -1.14. The second-order valence-electron chi connectivity index (χ2n) is 6.09. The van der Waals surface area contributed by atoms with Crippen molar-refractivity contribution in [3.63, 3.8) is 0 Å². The number of fused-ring (bicyclic) bond motifs is 1. The smallest absolute Gasteiger partial charge is 0.178 e. The highest BCUT2D eigenvalue weighted by Crippen LogP contribution is 2.54. The Kier molecular flexibility index (Phi) is 2.67. The van der Waals surface area contributed by atoms with Crippen LogP contribution in [-0.4, -0.2) is 17.0 Å². The molecule has 0 spiro atoms. The number of nitriles is 1. The normalized spacial score (nSPS) is 40.2. The molecule has 1 N–H and O–H groups in total. The molecule has 0 aliphatic heterocycles. The first-order valence-corrected chi connectivity index (χ1v) is 6.20. The molecule has 2 aliphatic carbocycles. The van der Waals surface area contributed by atoms with E-state index in [-0.39, 0.29) is 17.3 Å². The van der Waals surface area contributed by atoms with Gasteiger partial charge in [0.25, 0.3) is 0 Å². The van der Waals surface area contributed by atoms with E-state index in [9.17, 15) is 9.90 Å². The standard InChI is InChI=1S/C14H19NO2/c1-13(2)10-5-4-6-11(16)14(10,3)7-9(8-15)12(13)17/h7,10-11,16H,4-6H2,1-3H3/t10?,11-,14-/m0/s1. The van der Waals surface area contributed by atoms with E-state index in [0.29, 0.717) is 0 Å². The van der Waals surface area contributed by atoms with Crippen LogP contribution < -0.4 is 0 Å². The molecule has 0 amide bonds. The van der Waals surface area contributed by atoms with E-state index >= 15 is 0 Å². The van der Waals surface area contributed by atoms with Crippen LogP contribution in [0.5, 0.6) is 0 Å². The van der Waals surface area contributed by atoms with Crippen LogP contribution in [0.2, 0.25) is 0 Å². The van der Waals surface area contributed by atoms with Crippen molar-refractivity contribution in [1.82, 2.24) is 0 Å². The number of ketones is 1. The summed E-state index contributed by atoms with van der Waals surface area (Å²) in [5.41, 5.74) is -0.758. The highest BCUT2D eigenvalue weighted by atomic mass is 16.3. The molecular formula is C14H19NO2. The summed E-state index contributed by atoms with van der Waals surface area (Å²) in [5, 5.41) is 19.3. The molecule has 0 radical (unpaired) electrons. The van der Waals surface area contributed by atoms with Crippen molar-refractivity contribution in [3.05, 3.63) is 11.6 Å². The fourth-order valence-corrected chi connectivity index (χ4v) is 3.67. The molecule has 0 saturated heterocycles. The summed E-state index contributed by atoms with van der Waals surface area (Å²) in [5.74, 6) is 0.0555. The van der Waals surface area contributed by atoms with Crippen LogP contribution in [0.15, 0.2) is 11.6 Å². The molecule has 1 fully saturated rings. The zero-order chi connectivity index (χ0) is 12.8. The predicted octanol–water partition coefficient (Wildman–Crippen LogP) is 2.21. The third-order valence-corrected chi connectivity index (χ3v) is 4.72. The molecule has 0 aromatic rings. The quantitative estimate of drug-likeness (QED) is 0.697. The van der Waals surface area contributed by atoms with Crippen LogP contribution >= 0.6 is 0 Å². The van der Waals surface area contributed by atoms with Gasteiger partial charge in [0.15, 0.2) is 5.78 Å². The third-order valence-electron chi connectivity index (χ3n) is 4.72. The molecule has 3 atom stereocenters. The van der Waals surface area contributed by atoms with Gasteiger partial charge >= 0.3 is 0 Å². The van der Waals surface area contributed by atoms with Crippen molar-refractivity contribution < 1.29 is 9.90 Å². The van der Waals surface area contributed by atoms with E-state index in [1.165, 1.54) is 0 Å². The topological polar surface area (TPSA) is 61.1 Å². The molecule has 2 aliphatic rings. The molecule has 0 aromatic carbocycles. The molecule has 3 nitrogen and oxygen atoms in total. The van der Waals surface area contributed by atoms with Gasteiger partial charge in [-0.15, -0.1) is 0 Å². The number of hydrogen-bond acceptors (Lipinski definition) is 3. The van der Waals surface area contributed by atoms with Crippen LogP contribution in [-0.2, 0) is 4.79 Å². The van der Waals surface area contributed by atoms with Crippen LogP contribution in [0.25, 0.3) is 0 Å². The van der Waals surface area contributed by atoms with Gasteiger partial charge in [-0.3, -0.25) is 4.79 Å². The highest BCUT2D eigenvalue weighted by molar-refractivity contribution is 6.04. The number of nitrogens with zero attached hydrogens (tertiary/aromatic N) is 1. The number of aliphatic hydroxyl groups is 1. The van der Waals surface area contributed by atoms with Gasteiger partial charge in [0.2, 0.25) is 0 Å². The summed E-state index contributed by atoms with van der Waals surface area (Å²) in [6.45, 7) is 5.79. The second kappa shape index (κ2) is 3.68. The van der Waals surface area contributed by atoms with Gasteiger partial charge in [-0.1, -0.05) is 33.3 Å². The molecule has 3 heteroatoms. The van der Waals surface area contributed by atoms with Crippen molar-refractivity contribution in [2.75, 3.05) is 0 Å². The molecule has 0 bridgehead atoms. The summed E-state index contributed by atoms with van der Waals surface area (Å²) in [6.07, 6.45) is 3.92. The number of Topliss-reactive ketones (excluding diaryl/α,β-unsaturated/α-hetero) is 1. The molecule has 1 unspecified atom stereocenters. The van der Waals surface area contributed by atoms with E-state index in [1.807, 2.05) is 26.8 Å². The average Bonchev–Trinajstić information content (AvgIpc) is 2.27. The van der Waals surface area contributed by atoms with E-state index in [1.54, 1.807) is 6.08 Å². The lowest BCUT2D eigenvalue weighted by Crippen LogP contribution is -2.53. The van der Waals surface area contributed by atoms with Gasteiger partial charge in [-0.05, 0) is 18.8 Å². The van der Waals surface area contributed by atoms with Crippen LogP contribution in [0.1, 0.15) is 40.0 Å². The minimum absolute atomic E-state index is 0.0726. The van der Waals surface area contributed by atoms with Crippen molar-refractivity contribution in [2.24, 2.45) is 16.7 Å². The van der Waals surface area contributed by atoms with Crippen LogP contribution in [0.4, 0.5) is 0 Å².